The fraction of sp³-hybridized carbons (Fsp3) is 0.462. The van der Waals surface area contributed by atoms with Crippen molar-refractivity contribution in [3.63, 3.8) is 0 Å². The number of anilines is 1. The maximum absolute atomic E-state index is 13.6. The molecule has 0 heterocycles. The van der Waals surface area contributed by atoms with Gasteiger partial charge < -0.3 is 10.2 Å². The molecule has 2 aromatic carbocycles. The zero-order chi connectivity index (χ0) is 25.5. The van der Waals surface area contributed by atoms with Crippen LogP contribution in [0.15, 0.2) is 48.5 Å². The molecule has 186 valence electrons. The van der Waals surface area contributed by atoms with Crippen molar-refractivity contribution in [2.45, 2.75) is 59.5 Å². The first-order valence-electron chi connectivity index (χ1n) is 11.6. The molecule has 1 N–H and O–H groups in total. The van der Waals surface area contributed by atoms with E-state index in [1.807, 2.05) is 71.0 Å². The third kappa shape index (κ3) is 7.58. The number of nitrogens with zero attached hydrogens (tertiary/aromatic N) is 2. The highest BCUT2D eigenvalue weighted by molar-refractivity contribution is 7.92. The second kappa shape index (κ2) is 12.0. The minimum Gasteiger partial charge on any atom is -0.352 e. The largest absolute Gasteiger partial charge is 0.352 e. The fourth-order valence-electron chi connectivity index (χ4n) is 3.77. The van der Waals surface area contributed by atoms with E-state index in [0.29, 0.717) is 25.1 Å². The standard InChI is InChI=1S/C26H37N3O4S/c1-7-24(26(31)27-19(2)3)28(16-15-22-11-9-8-10-12-22)25(30)18-29(34(6,32)33)23-14-13-20(4)21(5)17-23/h8-14,17,19,24H,7,15-16,18H2,1-6H3,(H,27,31)/t24-/m1/s1. The van der Waals surface area contributed by atoms with Crippen LogP contribution in [0, 0.1) is 13.8 Å². The molecule has 0 aliphatic heterocycles. The molecule has 8 heteroatoms. The van der Waals surface area contributed by atoms with Gasteiger partial charge in [-0.2, -0.15) is 0 Å². The summed E-state index contributed by atoms with van der Waals surface area (Å²) in [6.45, 7) is 9.36. The van der Waals surface area contributed by atoms with E-state index in [4.69, 9.17) is 0 Å². The molecule has 0 aliphatic rings. The normalized spacial score (nSPS) is 12.3. The van der Waals surface area contributed by atoms with Crippen molar-refractivity contribution in [2.75, 3.05) is 23.7 Å². The lowest BCUT2D eigenvalue weighted by atomic mass is 10.1. The summed E-state index contributed by atoms with van der Waals surface area (Å²) in [7, 11) is -3.73. The number of carbonyl (C=O) groups is 2. The van der Waals surface area contributed by atoms with Gasteiger partial charge in [0.1, 0.15) is 12.6 Å². The van der Waals surface area contributed by atoms with Crippen molar-refractivity contribution < 1.29 is 18.0 Å². The van der Waals surface area contributed by atoms with Crippen molar-refractivity contribution in [2.24, 2.45) is 0 Å². The molecule has 0 radical (unpaired) electrons. The highest BCUT2D eigenvalue weighted by Crippen LogP contribution is 2.22. The van der Waals surface area contributed by atoms with Gasteiger partial charge in [0.05, 0.1) is 11.9 Å². The zero-order valence-corrected chi connectivity index (χ0v) is 21.9. The number of amides is 2. The van der Waals surface area contributed by atoms with Crippen molar-refractivity contribution in [3.8, 4) is 0 Å². The first-order valence-corrected chi connectivity index (χ1v) is 13.5. The van der Waals surface area contributed by atoms with Crippen LogP contribution in [0.2, 0.25) is 0 Å². The quantitative estimate of drug-likeness (QED) is 0.526. The average Bonchev–Trinajstić information content (AvgIpc) is 2.76. The molecular formula is C26H37N3O4S. The first-order chi connectivity index (χ1) is 15.9. The van der Waals surface area contributed by atoms with E-state index in [9.17, 15) is 18.0 Å². The van der Waals surface area contributed by atoms with Gasteiger partial charge >= 0.3 is 0 Å². The molecule has 2 aromatic rings. The summed E-state index contributed by atoms with van der Waals surface area (Å²) in [5, 5.41) is 2.89. The van der Waals surface area contributed by atoms with E-state index in [1.165, 1.54) is 4.90 Å². The number of hydrogen-bond donors (Lipinski definition) is 1. The van der Waals surface area contributed by atoms with Crippen LogP contribution >= 0.6 is 0 Å². The Morgan fingerprint density at radius 2 is 1.65 bits per heavy atom. The number of rotatable bonds is 11. The van der Waals surface area contributed by atoms with Crippen molar-refractivity contribution in [1.82, 2.24) is 10.2 Å². The van der Waals surface area contributed by atoms with Gasteiger partial charge in [0.15, 0.2) is 0 Å². The van der Waals surface area contributed by atoms with Crippen LogP contribution in [0.4, 0.5) is 5.69 Å². The smallest absolute Gasteiger partial charge is 0.244 e. The van der Waals surface area contributed by atoms with Gasteiger partial charge in [-0.25, -0.2) is 8.42 Å². The van der Waals surface area contributed by atoms with Crippen molar-refractivity contribution in [1.29, 1.82) is 0 Å². The molecule has 0 aromatic heterocycles. The van der Waals surface area contributed by atoms with Crippen LogP contribution in [-0.2, 0) is 26.0 Å². The van der Waals surface area contributed by atoms with Crippen LogP contribution in [0.5, 0.6) is 0 Å². The number of hydrogen-bond acceptors (Lipinski definition) is 4. The Hall–Kier alpha value is -2.87. The predicted octanol–water partition coefficient (Wildman–Crippen LogP) is 3.44. The minimum absolute atomic E-state index is 0.0734. The topological polar surface area (TPSA) is 86.8 Å². The summed E-state index contributed by atoms with van der Waals surface area (Å²) >= 11 is 0. The lowest BCUT2D eigenvalue weighted by molar-refractivity contribution is -0.139. The Balaban J connectivity index is 2.38. The van der Waals surface area contributed by atoms with E-state index < -0.39 is 22.0 Å². The summed E-state index contributed by atoms with van der Waals surface area (Å²) in [5.41, 5.74) is 3.43. The van der Waals surface area contributed by atoms with E-state index in [1.54, 1.807) is 12.1 Å². The Labute approximate surface area is 204 Å². The van der Waals surface area contributed by atoms with E-state index in [-0.39, 0.29) is 18.5 Å². The lowest BCUT2D eigenvalue weighted by Gasteiger charge is -2.33. The van der Waals surface area contributed by atoms with Crippen molar-refractivity contribution >= 4 is 27.5 Å². The molecular weight excluding hydrogens is 450 g/mol. The van der Waals surface area contributed by atoms with Crippen LogP contribution < -0.4 is 9.62 Å². The van der Waals surface area contributed by atoms with Crippen LogP contribution in [0.1, 0.15) is 43.9 Å². The summed E-state index contributed by atoms with van der Waals surface area (Å²) in [6, 6.07) is 14.2. The third-order valence-corrected chi connectivity index (χ3v) is 6.90. The highest BCUT2D eigenvalue weighted by atomic mass is 32.2. The average molecular weight is 488 g/mol. The number of benzene rings is 2. The summed E-state index contributed by atoms with van der Waals surface area (Å²) < 4.78 is 26.4. The Morgan fingerprint density at radius 3 is 2.18 bits per heavy atom. The van der Waals surface area contributed by atoms with Gasteiger partial charge in [-0.15, -0.1) is 0 Å². The second-order valence-electron chi connectivity index (χ2n) is 8.95. The summed E-state index contributed by atoms with van der Waals surface area (Å²) in [5.74, 6) is -0.652. The molecule has 0 spiro atoms. The maximum atomic E-state index is 13.6. The molecule has 34 heavy (non-hydrogen) atoms. The second-order valence-corrected chi connectivity index (χ2v) is 10.9. The Kier molecular flexibility index (Phi) is 9.67. The van der Waals surface area contributed by atoms with E-state index in [0.717, 1.165) is 27.3 Å². The van der Waals surface area contributed by atoms with Gasteiger partial charge in [0, 0.05) is 12.6 Å². The predicted molar refractivity (Wildman–Crippen MR) is 137 cm³/mol. The number of carbonyl (C=O) groups excluding carboxylic acids is 2. The monoisotopic (exact) mass is 487 g/mol. The van der Waals surface area contributed by atoms with Crippen LogP contribution in [0.25, 0.3) is 0 Å². The molecule has 0 saturated heterocycles. The molecule has 2 amide bonds. The van der Waals surface area contributed by atoms with Crippen molar-refractivity contribution in [3.05, 3.63) is 65.2 Å². The highest BCUT2D eigenvalue weighted by Gasteiger charge is 2.31. The van der Waals surface area contributed by atoms with Gasteiger partial charge in [-0.05, 0) is 69.4 Å². The molecule has 0 saturated carbocycles. The third-order valence-electron chi connectivity index (χ3n) is 5.76. The molecule has 0 bridgehead atoms. The van der Waals surface area contributed by atoms with Gasteiger partial charge in [-0.1, -0.05) is 43.3 Å². The molecule has 0 aliphatic carbocycles. The van der Waals surface area contributed by atoms with Gasteiger partial charge in [0.25, 0.3) is 0 Å². The summed E-state index contributed by atoms with van der Waals surface area (Å²) in [6.07, 6.45) is 2.06. The molecule has 2 rings (SSSR count). The molecule has 7 nitrogen and oxygen atoms in total. The maximum Gasteiger partial charge on any atom is 0.244 e. The molecule has 1 atom stereocenters. The summed E-state index contributed by atoms with van der Waals surface area (Å²) in [4.78, 5) is 28.0. The van der Waals surface area contributed by atoms with Crippen LogP contribution in [-0.4, -0.2) is 56.6 Å². The molecule has 0 unspecified atom stereocenters. The zero-order valence-electron chi connectivity index (χ0n) is 21.0. The SMILES string of the molecule is CC[C@H](C(=O)NC(C)C)N(CCc1ccccc1)C(=O)CN(c1ccc(C)c(C)c1)S(C)(=O)=O. The van der Waals surface area contributed by atoms with E-state index >= 15 is 0 Å². The minimum atomic E-state index is -3.73. The first kappa shape index (κ1) is 27.4. The number of sulfonamides is 1. The number of aryl methyl sites for hydroxylation is 2. The fourth-order valence-corrected chi connectivity index (χ4v) is 4.61. The van der Waals surface area contributed by atoms with Crippen LogP contribution in [0.3, 0.4) is 0 Å². The Bertz CT molecular complexity index is 1080. The Morgan fingerprint density at radius 1 is 1.00 bits per heavy atom. The number of nitrogens with one attached hydrogen (secondary N) is 1. The van der Waals surface area contributed by atoms with Gasteiger partial charge in [-0.3, -0.25) is 13.9 Å². The van der Waals surface area contributed by atoms with E-state index in [2.05, 4.69) is 5.32 Å². The lowest BCUT2D eigenvalue weighted by Crippen LogP contribution is -2.54. The molecule has 0 fully saturated rings. The van der Waals surface area contributed by atoms with Gasteiger partial charge in [0.2, 0.25) is 21.8 Å².